The van der Waals surface area contributed by atoms with Crippen LogP contribution >= 0.6 is 0 Å². The first-order valence-electron chi connectivity index (χ1n) is 11.1. The molecule has 6 nitrogen and oxygen atoms in total. The summed E-state index contributed by atoms with van der Waals surface area (Å²) in [4.78, 5) is 26.9. The molecule has 3 saturated carbocycles. The topological polar surface area (TPSA) is 85.2 Å². The van der Waals surface area contributed by atoms with E-state index in [4.69, 9.17) is 5.26 Å². The van der Waals surface area contributed by atoms with E-state index in [1.54, 1.807) is 0 Å². The molecule has 1 aromatic rings. The van der Waals surface area contributed by atoms with Gasteiger partial charge in [-0.3, -0.25) is 9.59 Å². The number of nitrogens with zero attached hydrogens (tertiary/aromatic N) is 2. The zero-order valence-corrected chi connectivity index (χ0v) is 18.1. The summed E-state index contributed by atoms with van der Waals surface area (Å²) < 4.78 is 53.4. The fraction of sp³-hybridized carbons (Fsp3) is 0.609. The first kappa shape index (κ1) is 23.5. The molecular formula is C23H26F4N4O2. The van der Waals surface area contributed by atoms with E-state index in [1.165, 1.54) is 23.1 Å². The average Bonchev–Trinajstić information content (AvgIpc) is 3.19. The quantitative estimate of drug-likeness (QED) is 0.647. The Hall–Kier alpha value is -2.67. The lowest BCUT2D eigenvalue weighted by Gasteiger charge is -2.53. The molecular weight excluding hydrogens is 440 g/mol. The van der Waals surface area contributed by atoms with E-state index in [2.05, 4.69) is 10.6 Å². The summed E-state index contributed by atoms with van der Waals surface area (Å²) in [5.74, 6) is -0.716. The maximum Gasteiger partial charge on any atom is 0.418 e. The summed E-state index contributed by atoms with van der Waals surface area (Å²) in [5.41, 5.74) is -2.17. The number of para-hydroxylation sites is 1. The Morgan fingerprint density at radius 2 is 1.76 bits per heavy atom. The number of nitriles is 1. The number of nitrogens with one attached hydrogen (secondary N) is 2. The number of fused-ring (bicyclic) bond motifs is 3. The molecule has 1 unspecified atom stereocenters. The fourth-order valence-electron chi connectivity index (χ4n) is 5.43. The second-order valence-electron chi connectivity index (χ2n) is 9.44. The van der Waals surface area contributed by atoms with Gasteiger partial charge in [-0.15, -0.1) is 0 Å². The predicted molar refractivity (Wildman–Crippen MR) is 112 cm³/mol. The first-order chi connectivity index (χ1) is 15.6. The second kappa shape index (κ2) is 8.60. The predicted octanol–water partition coefficient (Wildman–Crippen LogP) is 3.79. The number of likely N-dealkylation sites (tertiary alicyclic amines) is 1. The van der Waals surface area contributed by atoms with Gasteiger partial charge in [0.1, 0.15) is 12.2 Å². The Bertz CT molecular complexity index is 949. The van der Waals surface area contributed by atoms with Crippen LogP contribution in [-0.4, -0.2) is 47.6 Å². The Balaban J connectivity index is 1.36. The Morgan fingerprint density at radius 3 is 2.36 bits per heavy atom. The van der Waals surface area contributed by atoms with Crippen molar-refractivity contribution in [1.82, 2.24) is 10.2 Å². The van der Waals surface area contributed by atoms with Gasteiger partial charge in [0.2, 0.25) is 11.8 Å². The molecule has 0 radical (unpaired) electrons. The number of anilines is 1. The Kier molecular flexibility index (Phi) is 6.12. The molecule has 33 heavy (non-hydrogen) atoms. The third kappa shape index (κ3) is 4.56. The number of benzene rings is 1. The van der Waals surface area contributed by atoms with Gasteiger partial charge in [0, 0.05) is 17.4 Å². The smallest absolute Gasteiger partial charge is 0.325 e. The molecule has 10 heteroatoms. The van der Waals surface area contributed by atoms with E-state index in [-0.39, 0.29) is 36.6 Å². The van der Waals surface area contributed by atoms with Gasteiger partial charge < -0.3 is 15.5 Å². The first-order valence-corrected chi connectivity index (χ1v) is 11.1. The van der Waals surface area contributed by atoms with Crippen molar-refractivity contribution in [2.45, 2.75) is 68.9 Å². The fourth-order valence-corrected chi connectivity index (χ4v) is 5.43. The minimum atomic E-state index is -4.56. The highest BCUT2D eigenvalue weighted by Gasteiger charge is 2.52. The molecule has 4 fully saturated rings. The molecule has 1 saturated heterocycles. The molecule has 0 spiro atoms. The number of rotatable bonds is 5. The van der Waals surface area contributed by atoms with E-state index in [0.717, 1.165) is 6.07 Å². The summed E-state index contributed by atoms with van der Waals surface area (Å²) in [5, 5.41) is 14.9. The van der Waals surface area contributed by atoms with Gasteiger partial charge in [-0.25, -0.2) is 4.39 Å². The molecule has 1 aliphatic heterocycles. The van der Waals surface area contributed by atoms with Crippen molar-refractivity contribution >= 4 is 17.5 Å². The number of carbonyl (C=O) groups is 2. The summed E-state index contributed by atoms with van der Waals surface area (Å²) in [6, 6.07) is 6.17. The van der Waals surface area contributed by atoms with Crippen molar-refractivity contribution in [1.29, 1.82) is 5.26 Å². The summed E-state index contributed by atoms with van der Waals surface area (Å²) in [6.45, 7) is -0.0858. The lowest BCUT2D eigenvalue weighted by atomic mass is 9.57. The zero-order chi connectivity index (χ0) is 23.9. The highest BCUT2D eigenvalue weighted by Crippen LogP contribution is 2.53. The van der Waals surface area contributed by atoms with Crippen LogP contribution in [0.15, 0.2) is 24.3 Å². The third-order valence-corrected chi connectivity index (χ3v) is 7.54. The highest BCUT2D eigenvalue weighted by molar-refractivity contribution is 5.96. The molecule has 2 N–H and O–H groups in total. The molecule has 1 aromatic carbocycles. The monoisotopic (exact) mass is 466 g/mol. The summed E-state index contributed by atoms with van der Waals surface area (Å²) in [6.07, 6.45) is -2.37. The Labute approximate surface area is 189 Å². The molecule has 5 rings (SSSR count). The van der Waals surface area contributed by atoms with Gasteiger partial charge in [0.25, 0.3) is 0 Å². The number of alkyl halides is 4. The summed E-state index contributed by atoms with van der Waals surface area (Å²) >= 11 is 0. The van der Waals surface area contributed by atoms with Crippen LogP contribution in [0.3, 0.4) is 0 Å². The lowest BCUT2D eigenvalue weighted by Crippen LogP contribution is -2.59. The Morgan fingerprint density at radius 1 is 1.12 bits per heavy atom. The zero-order valence-electron chi connectivity index (χ0n) is 18.1. The van der Waals surface area contributed by atoms with Crippen LogP contribution in [0.1, 0.15) is 50.5 Å². The van der Waals surface area contributed by atoms with Crippen molar-refractivity contribution in [3.8, 4) is 6.07 Å². The van der Waals surface area contributed by atoms with Crippen LogP contribution in [0.2, 0.25) is 0 Å². The average molecular weight is 466 g/mol. The highest BCUT2D eigenvalue weighted by atomic mass is 19.4. The van der Waals surface area contributed by atoms with Crippen molar-refractivity contribution < 1.29 is 27.2 Å². The van der Waals surface area contributed by atoms with Crippen LogP contribution in [0.4, 0.5) is 23.2 Å². The van der Waals surface area contributed by atoms with Gasteiger partial charge in [-0.2, -0.15) is 18.4 Å². The molecule has 2 amide bonds. The molecule has 3 aliphatic carbocycles. The van der Waals surface area contributed by atoms with E-state index in [0.29, 0.717) is 38.5 Å². The van der Waals surface area contributed by atoms with E-state index in [1.807, 2.05) is 6.07 Å². The molecule has 0 aromatic heterocycles. The van der Waals surface area contributed by atoms with E-state index >= 15 is 0 Å². The number of carbonyl (C=O) groups excluding carboxylic acids is 2. The van der Waals surface area contributed by atoms with Gasteiger partial charge in [-0.1, -0.05) is 12.1 Å². The maximum absolute atomic E-state index is 13.6. The van der Waals surface area contributed by atoms with E-state index in [9.17, 15) is 27.2 Å². The molecule has 1 heterocycles. The number of amides is 2. The van der Waals surface area contributed by atoms with Crippen molar-refractivity contribution in [2.24, 2.45) is 5.41 Å². The van der Waals surface area contributed by atoms with Crippen LogP contribution in [-0.2, 0) is 15.8 Å². The van der Waals surface area contributed by atoms with Gasteiger partial charge in [-0.05, 0) is 50.7 Å². The SMILES string of the molecule is N#CC1C[C@H](F)CN1C(=O)CNC12CCC(C(=O)Nc3ccccc3C(F)(F)F)(CC1)CC2. The maximum atomic E-state index is 13.6. The van der Waals surface area contributed by atoms with Crippen LogP contribution in [0.5, 0.6) is 0 Å². The van der Waals surface area contributed by atoms with Crippen LogP contribution in [0.25, 0.3) is 0 Å². The largest absolute Gasteiger partial charge is 0.418 e. The van der Waals surface area contributed by atoms with Crippen LogP contribution < -0.4 is 10.6 Å². The molecule has 4 aliphatic rings. The number of hydrogen-bond acceptors (Lipinski definition) is 4. The normalized spacial score (nSPS) is 31.3. The molecule has 2 bridgehead atoms. The van der Waals surface area contributed by atoms with Gasteiger partial charge in [0.05, 0.1) is 30.4 Å². The van der Waals surface area contributed by atoms with E-state index < -0.39 is 35.3 Å². The van der Waals surface area contributed by atoms with Crippen molar-refractivity contribution in [3.63, 3.8) is 0 Å². The van der Waals surface area contributed by atoms with Gasteiger partial charge >= 0.3 is 6.18 Å². The second-order valence-corrected chi connectivity index (χ2v) is 9.44. The van der Waals surface area contributed by atoms with Crippen LogP contribution in [0, 0.1) is 16.7 Å². The molecule has 2 atom stereocenters. The minimum absolute atomic E-state index is 0.0109. The summed E-state index contributed by atoms with van der Waals surface area (Å²) in [7, 11) is 0. The standard InChI is InChI=1S/C23H26F4N4O2/c24-15-11-16(12-28)31(14-15)19(32)13-29-22-8-5-21(6-9-22,7-10-22)20(33)30-18-4-2-1-3-17(18)23(25,26)27/h1-4,15-16,29H,5-11,13-14H2,(H,30,33)/t15-,16?,21?,22?/m0/s1. The number of halogens is 4. The van der Waals surface area contributed by atoms with Gasteiger partial charge in [0.15, 0.2) is 0 Å². The van der Waals surface area contributed by atoms with Crippen molar-refractivity contribution in [3.05, 3.63) is 29.8 Å². The minimum Gasteiger partial charge on any atom is -0.325 e. The third-order valence-electron chi connectivity index (χ3n) is 7.54. The van der Waals surface area contributed by atoms with Crippen molar-refractivity contribution in [2.75, 3.05) is 18.4 Å². The molecule has 178 valence electrons. The number of hydrogen-bond donors (Lipinski definition) is 2. The lowest BCUT2D eigenvalue weighted by molar-refractivity contribution is -0.137.